The molecule has 2 aliphatic heterocycles. The predicted octanol–water partition coefficient (Wildman–Crippen LogP) is 4.89. The monoisotopic (exact) mass is 410 g/mol. The summed E-state index contributed by atoms with van der Waals surface area (Å²) < 4.78 is 16.7. The Morgan fingerprint density at radius 1 is 1.14 bits per heavy atom. The van der Waals surface area contributed by atoms with Gasteiger partial charge in [-0.25, -0.2) is 4.98 Å². The molecule has 6 heteroatoms. The van der Waals surface area contributed by atoms with Gasteiger partial charge in [-0.05, 0) is 49.2 Å². The number of halogens is 1. The molecule has 150 valence electrons. The Kier molecular flexibility index (Phi) is 5.04. The molecule has 1 unspecified atom stereocenters. The van der Waals surface area contributed by atoms with Crippen LogP contribution in [0.25, 0.3) is 22.2 Å². The SMILES string of the molecule is COC1CCCN(Cc2cc3cc4c(cc3nc2-c2ccc(Cl)cc2)OCO4)C1. The van der Waals surface area contributed by atoms with E-state index in [-0.39, 0.29) is 6.79 Å². The molecule has 0 spiro atoms. The molecule has 1 fully saturated rings. The topological polar surface area (TPSA) is 43.8 Å². The largest absolute Gasteiger partial charge is 0.454 e. The van der Waals surface area contributed by atoms with Gasteiger partial charge in [0.25, 0.3) is 0 Å². The molecule has 2 aromatic carbocycles. The zero-order chi connectivity index (χ0) is 19.8. The van der Waals surface area contributed by atoms with E-state index in [4.69, 9.17) is 30.8 Å². The van der Waals surface area contributed by atoms with Crippen LogP contribution in [-0.2, 0) is 11.3 Å². The average molecular weight is 411 g/mol. The first-order valence-corrected chi connectivity index (χ1v) is 10.3. The van der Waals surface area contributed by atoms with Crippen LogP contribution in [0.1, 0.15) is 18.4 Å². The molecule has 2 aliphatic rings. The predicted molar refractivity (Wildman–Crippen MR) is 114 cm³/mol. The lowest BCUT2D eigenvalue weighted by atomic mass is 10.0. The zero-order valence-electron chi connectivity index (χ0n) is 16.4. The minimum absolute atomic E-state index is 0.259. The number of rotatable bonds is 4. The second-order valence-electron chi connectivity index (χ2n) is 7.64. The lowest BCUT2D eigenvalue weighted by Crippen LogP contribution is -2.38. The highest BCUT2D eigenvalue weighted by atomic mass is 35.5. The van der Waals surface area contributed by atoms with E-state index in [1.54, 1.807) is 7.11 Å². The number of methoxy groups -OCH3 is 1. The molecule has 0 saturated carbocycles. The second kappa shape index (κ2) is 7.82. The summed E-state index contributed by atoms with van der Waals surface area (Å²) in [6, 6.07) is 14.1. The maximum Gasteiger partial charge on any atom is 0.231 e. The Bertz CT molecular complexity index is 1040. The first-order valence-electron chi connectivity index (χ1n) is 9.94. The molecule has 1 saturated heterocycles. The number of hydrogen-bond acceptors (Lipinski definition) is 5. The van der Waals surface area contributed by atoms with Crippen molar-refractivity contribution in [2.45, 2.75) is 25.5 Å². The van der Waals surface area contributed by atoms with Crippen LogP contribution in [0.15, 0.2) is 42.5 Å². The third-order valence-corrected chi connectivity index (χ3v) is 5.95. The van der Waals surface area contributed by atoms with Gasteiger partial charge in [0.1, 0.15) is 0 Å². The van der Waals surface area contributed by atoms with Crippen LogP contribution in [-0.4, -0.2) is 43.0 Å². The molecular weight excluding hydrogens is 388 g/mol. The van der Waals surface area contributed by atoms with E-state index in [1.807, 2.05) is 36.4 Å². The summed E-state index contributed by atoms with van der Waals surface area (Å²) in [5.41, 5.74) is 4.13. The zero-order valence-corrected chi connectivity index (χ0v) is 17.1. The molecule has 0 amide bonds. The quantitative estimate of drug-likeness (QED) is 0.612. The maximum absolute atomic E-state index is 6.11. The first-order chi connectivity index (χ1) is 14.2. The highest BCUT2D eigenvalue weighted by Crippen LogP contribution is 2.37. The second-order valence-corrected chi connectivity index (χ2v) is 8.07. The van der Waals surface area contributed by atoms with Crippen molar-refractivity contribution in [3.05, 3.63) is 53.1 Å². The standard InChI is InChI=1S/C23H23ClN2O3/c1-27-19-3-2-8-26(13-19)12-17-9-16-10-21-22(29-14-28-21)11-20(16)25-23(17)15-4-6-18(24)7-5-15/h4-7,9-11,19H,2-3,8,12-14H2,1H3. The fraction of sp³-hybridized carbons (Fsp3) is 0.348. The molecule has 3 aromatic rings. The lowest BCUT2D eigenvalue weighted by Gasteiger charge is -2.32. The molecule has 0 bridgehead atoms. The van der Waals surface area contributed by atoms with Crippen molar-refractivity contribution in [1.29, 1.82) is 0 Å². The highest BCUT2D eigenvalue weighted by molar-refractivity contribution is 6.30. The van der Waals surface area contributed by atoms with Gasteiger partial charge >= 0.3 is 0 Å². The van der Waals surface area contributed by atoms with E-state index < -0.39 is 0 Å². The van der Waals surface area contributed by atoms with Gasteiger partial charge in [-0.2, -0.15) is 0 Å². The number of ether oxygens (including phenoxy) is 3. The van der Waals surface area contributed by atoms with Crippen LogP contribution in [0.3, 0.4) is 0 Å². The molecule has 0 N–H and O–H groups in total. The summed E-state index contributed by atoms with van der Waals surface area (Å²) in [5, 5.41) is 1.78. The lowest BCUT2D eigenvalue weighted by molar-refractivity contribution is 0.0286. The van der Waals surface area contributed by atoms with Gasteiger partial charge in [0.15, 0.2) is 11.5 Å². The number of pyridine rings is 1. The molecule has 1 aromatic heterocycles. The van der Waals surface area contributed by atoms with E-state index in [9.17, 15) is 0 Å². The Morgan fingerprint density at radius 2 is 1.93 bits per heavy atom. The van der Waals surface area contributed by atoms with Gasteiger partial charge in [0.2, 0.25) is 6.79 Å². The molecule has 0 aliphatic carbocycles. The minimum Gasteiger partial charge on any atom is -0.454 e. The third kappa shape index (κ3) is 3.78. The molecular formula is C23H23ClN2O3. The van der Waals surface area contributed by atoms with Gasteiger partial charge in [-0.1, -0.05) is 23.7 Å². The van der Waals surface area contributed by atoms with E-state index >= 15 is 0 Å². The Morgan fingerprint density at radius 3 is 2.72 bits per heavy atom. The van der Waals surface area contributed by atoms with Crippen LogP contribution in [0.2, 0.25) is 5.02 Å². The van der Waals surface area contributed by atoms with Gasteiger partial charge in [0.05, 0.1) is 17.3 Å². The summed E-state index contributed by atoms with van der Waals surface area (Å²) in [6.07, 6.45) is 2.57. The van der Waals surface area contributed by atoms with Gasteiger partial charge in [0, 0.05) is 42.2 Å². The van der Waals surface area contributed by atoms with Crippen molar-refractivity contribution < 1.29 is 14.2 Å². The van der Waals surface area contributed by atoms with Crippen molar-refractivity contribution >= 4 is 22.5 Å². The summed E-state index contributed by atoms with van der Waals surface area (Å²) in [5.74, 6) is 1.53. The van der Waals surface area contributed by atoms with Crippen LogP contribution in [0.4, 0.5) is 0 Å². The number of benzene rings is 2. The summed E-state index contributed by atoms with van der Waals surface area (Å²) in [6.45, 7) is 3.10. The number of aromatic nitrogens is 1. The molecule has 3 heterocycles. The molecule has 0 radical (unpaired) electrons. The maximum atomic E-state index is 6.11. The Labute approximate surface area is 175 Å². The van der Waals surface area contributed by atoms with E-state index in [1.165, 1.54) is 5.56 Å². The van der Waals surface area contributed by atoms with Crippen molar-refractivity contribution in [3.63, 3.8) is 0 Å². The number of fused-ring (bicyclic) bond motifs is 2. The molecule has 5 nitrogen and oxygen atoms in total. The molecule has 5 rings (SSSR count). The average Bonchev–Trinajstić information content (AvgIpc) is 3.20. The van der Waals surface area contributed by atoms with Gasteiger partial charge in [-0.15, -0.1) is 0 Å². The molecule has 1 atom stereocenters. The van der Waals surface area contributed by atoms with Crippen LogP contribution in [0, 0.1) is 0 Å². The summed E-state index contributed by atoms with van der Waals surface area (Å²) >= 11 is 6.11. The normalized spacial score (nSPS) is 19.0. The van der Waals surface area contributed by atoms with E-state index in [2.05, 4.69) is 11.0 Å². The van der Waals surface area contributed by atoms with Crippen molar-refractivity contribution in [2.75, 3.05) is 27.0 Å². The third-order valence-electron chi connectivity index (χ3n) is 5.70. The fourth-order valence-electron chi connectivity index (χ4n) is 4.18. The minimum atomic E-state index is 0.259. The molecule has 29 heavy (non-hydrogen) atoms. The van der Waals surface area contributed by atoms with E-state index in [0.29, 0.717) is 6.10 Å². The highest BCUT2D eigenvalue weighted by Gasteiger charge is 2.22. The van der Waals surface area contributed by atoms with E-state index in [0.717, 1.165) is 71.2 Å². The number of nitrogens with zero attached hydrogens (tertiary/aromatic N) is 2. The van der Waals surface area contributed by atoms with Crippen LogP contribution in [0.5, 0.6) is 11.5 Å². The van der Waals surface area contributed by atoms with Crippen LogP contribution >= 0.6 is 11.6 Å². The van der Waals surface area contributed by atoms with Gasteiger partial charge < -0.3 is 14.2 Å². The van der Waals surface area contributed by atoms with Gasteiger partial charge in [-0.3, -0.25) is 4.90 Å². The Hall–Kier alpha value is -2.34. The van der Waals surface area contributed by atoms with Crippen molar-refractivity contribution in [1.82, 2.24) is 9.88 Å². The first kappa shape index (κ1) is 18.7. The Balaban J connectivity index is 1.58. The number of piperidine rings is 1. The number of hydrogen-bond donors (Lipinski definition) is 0. The number of likely N-dealkylation sites (tertiary alicyclic amines) is 1. The summed E-state index contributed by atoms with van der Waals surface area (Å²) in [7, 11) is 1.80. The fourth-order valence-corrected chi connectivity index (χ4v) is 4.30. The summed E-state index contributed by atoms with van der Waals surface area (Å²) in [4.78, 5) is 7.47. The smallest absolute Gasteiger partial charge is 0.231 e. The van der Waals surface area contributed by atoms with Crippen LogP contribution < -0.4 is 9.47 Å². The van der Waals surface area contributed by atoms with Crippen molar-refractivity contribution in [3.8, 4) is 22.8 Å². The van der Waals surface area contributed by atoms with Crippen molar-refractivity contribution in [2.24, 2.45) is 0 Å².